The fraction of sp³-hybridized carbons (Fsp3) is 0.917. The first-order chi connectivity index (χ1) is 6.76. The summed E-state index contributed by atoms with van der Waals surface area (Å²) in [5, 5.41) is 0. The molecule has 0 aliphatic heterocycles. The quantitative estimate of drug-likeness (QED) is 0.674. The van der Waals surface area contributed by atoms with E-state index in [4.69, 9.17) is 0 Å². The summed E-state index contributed by atoms with van der Waals surface area (Å²) in [5.41, 5.74) is 0. The summed E-state index contributed by atoms with van der Waals surface area (Å²) in [5.74, 6) is 2.65. The van der Waals surface area contributed by atoms with E-state index in [1.807, 2.05) is 4.90 Å². The normalized spacial score (nSPS) is 34.0. The molecule has 2 heteroatoms. The Morgan fingerprint density at radius 1 is 1.21 bits per heavy atom. The number of carbonyl (C=O) groups excluding carboxylic acids is 1. The van der Waals surface area contributed by atoms with Crippen molar-refractivity contribution < 1.29 is 4.79 Å². The number of hydrogen-bond donors (Lipinski definition) is 0. The third kappa shape index (κ3) is 1.79. The van der Waals surface area contributed by atoms with E-state index in [2.05, 4.69) is 13.8 Å². The third-order valence-electron chi connectivity index (χ3n) is 3.78. The van der Waals surface area contributed by atoms with E-state index in [1.54, 1.807) is 0 Å². The maximum Gasteiger partial charge on any atom is 0.225 e. The van der Waals surface area contributed by atoms with Crippen molar-refractivity contribution in [3.05, 3.63) is 0 Å². The molecular weight excluding hydrogens is 174 g/mol. The van der Waals surface area contributed by atoms with Crippen molar-refractivity contribution in [2.75, 3.05) is 13.1 Å². The predicted molar refractivity (Wildman–Crippen MR) is 56.9 cm³/mol. The molecule has 1 amide bonds. The van der Waals surface area contributed by atoms with Crippen LogP contribution < -0.4 is 0 Å². The second-order valence-corrected chi connectivity index (χ2v) is 4.84. The van der Waals surface area contributed by atoms with Gasteiger partial charge in [-0.2, -0.15) is 0 Å². The molecule has 0 bridgehead atoms. The van der Waals surface area contributed by atoms with Crippen LogP contribution in [0.5, 0.6) is 0 Å². The first-order valence-electron chi connectivity index (χ1n) is 6.05. The molecule has 2 aliphatic rings. The molecule has 0 heterocycles. The van der Waals surface area contributed by atoms with Crippen LogP contribution in [0.2, 0.25) is 0 Å². The highest BCUT2D eigenvalue weighted by Crippen LogP contribution is 2.54. The van der Waals surface area contributed by atoms with Crippen molar-refractivity contribution in [2.45, 2.75) is 39.5 Å². The van der Waals surface area contributed by atoms with E-state index in [1.165, 1.54) is 19.3 Å². The second-order valence-electron chi connectivity index (χ2n) is 4.84. The Morgan fingerprint density at radius 2 is 1.86 bits per heavy atom. The summed E-state index contributed by atoms with van der Waals surface area (Å²) >= 11 is 0. The summed E-state index contributed by atoms with van der Waals surface area (Å²) in [4.78, 5) is 14.1. The van der Waals surface area contributed by atoms with E-state index >= 15 is 0 Å². The lowest BCUT2D eigenvalue weighted by Crippen LogP contribution is -2.36. The van der Waals surface area contributed by atoms with Crippen LogP contribution in [-0.4, -0.2) is 23.9 Å². The van der Waals surface area contributed by atoms with Gasteiger partial charge in [-0.05, 0) is 44.4 Å². The van der Waals surface area contributed by atoms with Gasteiger partial charge in [-0.1, -0.05) is 6.92 Å². The van der Waals surface area contributed by atoms with Gasteiger partial charge in [0, 0.05) is 19.0 Å². The van der Waals surface area contributed by atoms with Crippen molar-refractivity contribution in [3.8, 4) is 0 Å². The van der Waals surface area contributed by atoms with Crippen LogP contribution >= 0.6 is 0 Å². The number of fused-ring (bicyclic) bond motifs is 1. The van der Waals surface area contributed by atoms with Gasteiger partial charge in [-0.3, -0.25) is 4.79 Å². The molecule has 2 unspecified atom stereocenters. The van der Waals surface area contributed by atoms with Crippen LogP contribution in [-0.2, 0) is 4.79 Å². The van der Waals surface area contributed by atoms with E-state index in [0.29, 0.717) is 11.8 Å². The van der Waals surface area contributed by atoms with Gasteiger partial charge >= 0.3 is 0 Å². The topological polar surface area (TPSA) is 20.3 Å². The Morgan fingerprint density at radius 3 is 2.36 bits per heavy atom. The smallest absolute Gasteiger partial charge is 0.225 e. The van der Waals surface area contributed by atoms with Gasteiger partial charge in [0.25, 0.3) is 0 Å². The standard InChI is InChI=1S/C12H21NO/c1-3-5-13(4-2)12(14)11-7-9-6-10(9)8-11/h9-11H,3-8H2,1-2H3. The highest BCUT2D eigenvalue weighted by Gasteiger charge is 2.48. The molecule has 2 nitrogen and oxygen atoms in total. The molecule has 0 aromatic rings. The average Bonchev–Trinajstić information content (AvgIpc) is 2.81. The lowest BCUT2D eigenvalue weighted by Gasteiger charge is -2.24. The lowest BCUT2D eigenvalue weighted by molar-refractivity contribution is -0.135. The number of nitrogens with zero attached hydrogens (tertiary/aromatic N) is 1. The molecule has 2 fully saturated rings. The molecule has 2 rings (SSSR count). The Labute approximate surface area is 86.7 Å². The molecule has 0 aromatic heterocycles. The first kappa shape index (κ1) is 10.0. The largest absolute Gasteiger partial charge is 0.343 e. The number of rotatable bonds is 4. The van der Waals surface area contributed by atoms with Crippen molar-refractivity contribution in [2.24, 2.45) is 17.8 Å². The molecule has 0 radical (unpaired) electrons. The van der Waals surface area contributed by atoms with Crippen molar-refractivity contribution in [1.82, 2.24) is 4.90 Å². The molecule has 2 atom stereocenters. The van der Waals surface area contributed by atoms with Gasteiger partial charge in [0.2, 0.25) is 5.91 Å². The average molecular weight is 195 g/mol. The zero-order valence-electron chi connectivity index (χ0n) is 9.33. The lowest BCUT2D eigenvalue weighted by atomic mass is 10.0. The van der Waals surface area contributed by atoms with Crippen LogP contribution in [0.15, 0.2) is 0 Å². The maximum absolute atomic E-state index is 12.1. The molecule has 0 spiro atoms. The molecule has 80 valence electrons. The molecule has 2 aliphatic carbocycles. The summed E-state index contributed by atoms with van der Waals surface area (Å²) < 4.78 is 0. The van der Waals surface area contributed by atoms with Crippen LogP contribution in [0.3, 0.4) is 0 Å². The highest BCUT2D eigenvalue weighted by atomic mass is 16.2. The van der Waals surface area contributed by atoms with Gasteiger partial charge in [0.1, 0.15) is 0 Å². The zero-order valence-corrected chi connectivity index (χ0v) is 9.33. The van der Waals surface area contributed by atoms with Gasteiger partial charge in [-0.15, -0.1) is 0 Å². The van der Waals surface area contributed by atoms with Crippen LogP contribution in [0.1, 0.15) is 39.5 Å². The monoisotopic (exact) mass is 195 g/mol. The minimum absolute atomic E-state index is 0.380. The molecule has 0 N–H and O–H groups in total. The molecule has 0 aromatic carbocycles. The molecule has 2 saturated carbocycles. The Balaban J connectivity index is 1.86. The van der Waals surface area contributed by atoms with Gasteiger partial charge in [-0.25, -0.2) is 0 Å². The number of carbonyl (C=O) groups is 1. The number of amides is 1. The number of hydrogen-bond acceptors (Lipinski definition) is 1. The maximum atomic E-state index is 12.1. The second kappa shape index (κ2) is 3.92. The van der Waals surface area contributed by atoms with Gasteiger partial charge in [0.15, 0.2) is 0 Å². The predicted octanol–water partition coefficient (Wildman–Crippen LogP) is 2.29. The molecular formula is C12H21NO. The first-order valence-corrected chi connectivity index (χ1v) is 6.05. The molecule has 0 saturated heterocycles. The van der Waals surface area contributed by atoms with Crippen molar-refractivity contribution in [3.63, 3.8) is 0 Å². The Bertz CT molecular complexity index is 212. The summed E-state index contributed by atoms with van der Waals surface area (Å²) in [6.45, 7) is 6.06. The fourth-order valence-electron chi connectivity index (χ4n) is 2.87. The van der Waals surface area contributed by atoms with E-state index < -0.39 is 0 Å². The zero-order chi connectivity index (χ0) is 10.1. The minimum Gasteiger partial charge on any atom is -0.343 e. The van der Waals surface area contributed by atoms with Crippen molar-refractivity contribution >= 4 is 5.91 Å². The summed E-state index contributed by atoms with van der Waals surface area (Å²) in [6, 6.07) is 0. The highest BCUT2D eigenvalue weighted by molar-refractivity contribution is 5.79. The fourth-order valence-corrected chi connectivity index (χ4v) is 2.87. The summed E-state index contributed by atoms with van der Waals surface area (Å²) in [7, 11) is 0. The summed E-state index contributed by atoms with van der Waals surface area (Å²) in [6.07, 6.45) is 4.86. The van der Waals surface area contributed by atoms with Crippen LogP contribution in [0.4, 0.5) is 0 Å². The van der Waals surface area contributed by atoms with Gasteiger partial charge < -0.3 is 4.90 Å². The van der Waals surface area contributed by atoms with E-state index in [9.17, 15) is 4.79 Å². The van der Waals surface area contributed by atoms with Crippen molar-refractivity contribution in [1.29, 1.82) is 0 Å². The SMILES string of the molecule is CCCN(CC)C(=O)C1CC2CC2C1. The van der Waals surface area contributed by atoms with Crippen LogP contribution in [0, 0.1) is 17.8 Å². The Kier molecular flexibility index (Phi) is 2.80. The van der Waals surface area contributed by atoms with E-state index in [-0.39, 0.29) is 0 Å². The minimum atomic E-state index is 0.380. The Hall–Kier alpha value is -0.530. The third-order valence-corrected chi connectivity index (χ3v) is 3.78. The van der Waals surface area contributed by atoms with E-state index in [0.717, 1.165) is 31.3 Å². The molecule has 14 heavy (non-hydrogen) atoms. The van der Waals surface area contributed by atoms with Crippen LogP contribution in [0.25, 0.3) is 0 Å². The van der Waals surface area contributed by atoms with Gasteiger partial charge in [0.05, 0.1) is 0 Å².